The van der Waals surface area contributed by atoms with E-state index in [-0.39, 0.29) is 5.97 Å². The molecular formula is C28H46O3. The lowest BCUT2D eigenvalue weighted by atomic mass is 9.91. The van der Waals surface area contributed by atoms with Crippen LogP contribution in [0.1, 0.15) is 103 Å². The van der Waals surface area contributed by atoms with Crippen LogP contribution in [-0.4, -0.2) is 19.7 Å². The molecule has 0 saturated carbocycles. The first-order valence-corrected chi connectivity index (χ1v) is 12.3. The number of esters is 1. The van der Waals surface area contributed by atoms with Gasteiger partial charge in [-0.3, -0.25) is 0 Å². The van der Waals surface area contributed by atoms with Crippen molar-refractivity contribution in [2.45, 2.75) is 92.4 Å². The molecule has 0 spiro atoms. The minimum atomic E-state index is -0.326. The normalized spacial score (nSPS) is 13.8. The molecule has 0 radical (unpaired) electrons. The van der Waals surface area contributed by atoms with Gasteiger partial charge < -0.3 is 9.47 Å². The molecule has 3 heteroatoms. The summed E-state index contributed by atoms with van der Waals surface area (Å²) in [5.41, 5.74) is 1.92. The third kappa shape index (κ3) is 13.3. The number of methoxy groups -OCH3 is 1. The summed E-state index contributed by atoms with van der Waals surface area (Å²) >= 11 is 0. The number of carbonyl (C=O) groups is 1. The Kier molecular flexibility index (Phi) is 14.0. The summed E-state index contributed by atoms with van der Waals surface area (Å²) in [5.74, 6) is 2.99. The Balaban J connectivity index is 2.13. The maximum absolute atomic E-state index is 11.4. The van der Waals surface area contributed by atoms with Gasteiger partial charge in [-0.2, -0.15) is 0 Å². The van der Waals surface area contributed by atoms with Gasteiger partial charge >= 0.3 is 5.97 Å². The fraction of sp³-hybridized carbons (Fsp3) is 0.679. The van der Waals surface area contributed by atoms with Gasteiger partial charge in [0, 0.05) is 0 Å². The van der Waals surface area contributed by atoms with Crippen molar-refractivity contribution >= 4 is 5.97 Å². The first kappa shape index (κ1) is 27.3. The summed E-state index contributed by atoms with van der Waals surface area (Å²) in [4.78, 5) is 11.4. The molecule has 0 amide bonds. The highest BCUT2D eigenvalue weighted by Crippen LogP contribution is 2.22. The first-order valence-electron chi connectivity index (χ1n) is 12.3. The Morgan fingerprint density at radius 3 is 1.97 bits per heavy atom. The molecule has 31 heavy (non-hydrogen) atoms. The molecule has 1 aromatic rings. The highest BCUT2D eigenvalue weighted by atomic mass is 16.5. The Morgan fingerprint density at radius 1 is 0.871 bits per heavy atom. The van der Waals surface area contributed by atoms with E-state index in [1.807, 2.05) is 12.1 Å². The summed E-state index contributed by atoms with van der Waals surface area (Å²) in [7, 11) is 1.39. The van der Waals surface area contributed by atoms with Gasteiger partial charge in [0.2, 0.25) is 0 Å². The second-order valence-corrected chi connectivity index (χ2v) is 9.74. The van der Waals surface area contributed by atoms with Crippen molar-refractivity contribution in [1.29, 1.82) is 0 Å². The molecule has 0 bridgehead atoms. The highest BCUT2D eigenvalue weighted by molar-refractivity contribution is 5.89. The summed E-state index contributed by atoms with van der Waals surface area (Å²) in [6.07, 6.45) is 14.2. The van der Waals surface area contributed by atoms with E-state index in [9.17, 15) is 4.79 Å². The van der Waals surface area contributed by atoms with Crippen LogP contribution in [0.15, 0.2) is 35.9 Å². The predicted octanol–water partition coefficient (Wildman–Crippen LogP) is 8.24. The van der Waals surface area contributed by atoms with Crippen LogP contribution in [0.2, 0.25) is 0 Å². The molecule has 0 saturated heterocycles. The highest BCUT2D eigenvalue weighted by Gasteiger charge is 2.07. The van der Waals surface area contributed by atoms with Crippen LogP contribution in [-0.2, 0) is 4.74 Å². The third-order valence-electron chi connectivity index (χ3n) is 6.10. The van der Waals surface area contributed by atoms with Crippen LogP contribution in [0, 0.1) is 17.8 Å². The Bertz CT molecular complexity index is 630. The molecule has 1 aromatic carbocycles. The van der Waals surface area contributed by atoms with Gasteiger partial charge in [0.15, 0.2) is 0 Å². The van der Waals surface area contributed by atoms with Gasteiger partial charge in [-0.05, 0) is 67.9 Å². The van der Waals surface area contributed by atoms with Gasteiger partial charge in [-0.1, -0.05) is 78.2 Å². The third-order valence-corrected chi connectivity index (χ3v) is 6.10. The molecule has 2 unspecified atom stereocenters. The molecule has 1 rings (SSSR count). The van der Waals surface area contributed by atoms with Gasteiger partial charge in [-0.25, -0.2) is 4.79 Å². The zero-order chi connectivity index (χ0) is 23.1. The molecule has 0 N–H and O–H groups in total. The maximum Gasteiger partial charge on any atom is 0.337 e. The largest absolute Gasteiger partial charge is 0.490 e. The number of hydrogen-bond donors (Lipinski definition) is 0. The zero-order valence-electron chi connectivity index (χ0n) is 20.9. The van der Waals surface area contributed by atoms with Crippen molar-refractivity contribution in [2.75, 3.05) is 13.7 Å². The van der Waals surface area contributed by atoms with E-state index >= 15 is 0 Å². The SMILES string of the molecule is COC(=O)c1ccc(OCC=C(C)CCCC(C)CCCC(C)CCCC(C)C)cc1. The molecule has 0 aliphatic carbocycles. The van der Waals surface area contributed by atoms with Crippen molar-refractivity contribution in [2.24, 2.45) is 17.8 Å². The van der Waals surface area contributed by atoms with E-state index in [2.05, 4.69) is 40.7 Å². The average molecular weight is 431 g/mol. The van der Waals surface area contributed by atoms with E-state index in [4.69, 9.17) is 9.47 Å². The summed E-state index contributed by atoms with van der Waals surface area (Å²) in [6, 6.07) is 7.07. The molecule has 176 valence electrons. The van der Waals surface area contributed by atoms with E-state index in [0.29, 0.717) is 12.2 Å². The smallest absolute Gasteiger partial charge is 0.337 e. The van der Waals surface area contributed by atoms with Gasteiger partial charge in [0.05, 0.1) is 12.7 Å². The average Bonchev–Trinajstić information content (AvgIpc) is 2.73. The minimum Gasteiger partial charge on any atom is -0.490 e. The molecule has 0 aliphatic rings. The lowest BCUT2D eigenvalue weighted by Gasteiger charge is -2.15. The molecular weight excluding hydrogens is 384 g/mol. The zero-order valence-corrected chi connectivity index (χ0v) is 20.9. The fourth-order valence-corrected chi connectivity index (χ4v) is 3.89. The lowest BCUT2D eigenvalue weighted by Crippen LogP contribution is -2.01. The molecule has 3 nitrogen and oxygen atoms in total. The standard InChI is InChI=1S/C28H46O3/c1-22(2)10-7-11-23(3)12-8-13-24(4)14-9-15-25(5)20-21-31-27-18-16-26(17-19-27)28(29)30-6/h16-20,22-24H,7-15,21H2,1-6H3. The first-order chi connectivity index (χ1) is 14.8. The monoisotopic (exact) mass is 430 g/mol. The number of hydrogen-bond acceptors (Lipinski definition) is 3. The second kappa shape index (κ2) is 15.9. The number of ether oxygens (including phenoxy) is 2. The maximum atomic E-state index is 11.4. The van der Waals surface area contributed by atoms with Crippen LogP contribution in [0.4, 0.5) is 0 Å². The van der Waals surface area contributed by atoms with E-state index in [1.165, 1.54) is 64.0 Å². The molecule has 0 aromatic heterocycles. The van der Waals surface area contributed by atoms with Crippen LogP contribution in [0.3, 0.4) is 0 Å². The predicted molar refractivity (Wildman–Crippen MR) is 132 cm³/mol. The van der Waals surface area contributed by atoms with Gasteiger partial charge in [0.1, 0.15) is 12.4 Å². The fourth-order valence-electron chi connectivity index (χ4n) is 3.89. The Hall–Kier alpha value is -1.77. The van der Waals surface area contributed by atoms with Gasteiger partial charge in [0.25, 0.3) is 0 Å². The number of rotatable bonds is 16. The van der Waals surface area contributed by atoms with Crippen molar-refractivity contribution in [1.82, 2.24) is 0 Å². The number of allylic oxidation sites excluding steroid dienone is 1. The van der Waals surface area contributed by atoms with Crippen molar-refractivity contribution in [3.05, 3.63) is 41.5 Å². The summed E-state index contributed by atoms with van der Waals surface area (Å²) in [5, 5.41) is 0. The molecule has 0 heterocycles. The van der Waals surface area contributed by atoms with Gasteiger partial charge in [-0.15, -0.1) is 0 Å². The quantitative estimate of drug-likeness (QED) is 0.196. The van der Waals surface area contributed by atoms with Crippen LogP contribution in [0.25, 0.3) is 0 Å². The molecule has 0 aliphatic heterocycles. The van der Waals surface area contributed by atoms with Crippen molar-refractivity contribution in [3.8, 4) is 5.75 Å². The van der Waals surface area contributed by atoms with E-state index in [1.54, 1.807) is 12.1 Å². The molecule has 0 fully saturated rings. The minimum absolute atomic E-state index is 0.326. The topological polar surface area (TPSA) is 35.5 Å². The Morgan fingerprint density at radius 2 is 1.42 bits per heavy atom. The van der Waals surface area contributed by atoms with Crippen molar-refractivity contribution in [3.63, 3.8) is 0 Å². The second-order valence-electron chi connectivity index (χ2n) is 9.74. The Labute approximate surface area is 191 Å². The number of carbonyl (C=O) groups excluding carboxylic acids is 1. The van der Waals surface area contributed by atoms with Crippen molar-refractivity contribution < 1.29 is 14.3 Å². The van der Waals surface area contributed by atoms with Crippen LogP contribution >= 0.6 is 0 Å². The summed E-state index contributed by atoms with van der Waals surface area (Å²) < 4.78 is 10.5. The van der Waals surface area contributed by atoms with E-state index < -0.39 is 0 Å². The molecule has 2 atom stereocenters. The summed E-state index contributed by atoms with van der Waals surface area (Å²) in [6.45, 7) is 12.2. The van der Waals surface area contributed by atoms with E-state index in [0.717, 1.165) is 29.9 Å². The van der Waals surface area contributed by atoms with Crippen LogP contribution < -0.4 is 4.74 Å². The lowest BCUT2D eigenvalue weighted by molar-refractivity contribution is 0.0600. The number of benzene rings is 1. The van der Waals surface area contributed by atoms with Crippen LogP contribution in [0.5, 0.6) is 5.75 Å².